The molecule has 0 atom stereocenters. The molecule has 0 fully saturated rings. The molecule has 0 aliphatic heterocycles. The summed E-state index contributed by atoms with van der Waals surface area (Å²) in [6.07, 6.45) is 0.193. The fourth-order valence-corrected chi connectivity index (χ4v) is 4.05. The van der Waals surface area contributed by atoms with Crippen molar-refractivity contribution in [1.82, 2.24) is 5.32 Å². The quantitative estimate of drug-likeness (QED) is 0.644. The van der Waals surface area contributed by atoms with Gasteiger partial charge in [0.25, 0.3) is 15.0 Å². The maximum Gasteiger partial charge on any atom is 0.261 e. The molecule has 0 saturated heterocycles. The molecule has 0 radical (unpaired) electrons. The summed E-state index contributed by atoms with van der Waals surface area (Å²) in [4.78, 5) is 12.1. The van der Waals surface area contributed by atoms with E-state index in [-0.39, 0.29) is 34.2 Å². The van der Waals surface area contributed by atoms with E-state index in [9.17, 15) is 13.2 Å². The first-order valence-electron chi connectivity index (χ1n) is 7.60. The summed E-state index contributed by atoms with van der Waals surface area (Å²) in [6, 6.07) is 7.31. The SMILES string of the molecule is COc1cc(CCNC(=O)c2ccc(Cl)cc2Cl)c(S(=O)(=O)Cl)cc1OC. The minimum Gasteiger partial charge on any atom is -0.493 e. The number of halogens is 3. The third-order valence-corrected chi connectivity index (χ3v) is 5.64. The van der Waals surface area contributed by atoms with Gasteiger partial charge in [-0.05, 0) is 36.2 Å². The molecular formula is C17H16Cl3NO5S. The summed E-state index contributed by atoms with van der Waals surface area (Å²) in [7, 11) is 4.32. The van der Waals surface area contributed by atoms with Crippen LogP contribution in [0.3, 0.4) is 0 Å². The number of hydrogen-bond donors (Lipinski definition) is 1. The van der Waals surface area contributed by atoms with E-state index in [4.69, 9.17) is 43.4 Å². The normalized spacial score (nSPS) is 11.1. The zero-order valence-corrected chi connectivity index (χ0v) is 17.5. The van der Waals surface area contributed by atoms with Crippen LogP contribution in [0.5, 0.6) is 11.5 Å². The third-order valence-electron chi connectivity index (χ3n) is 3.69. The molecule has 1 N–H and O–H groups in total. The Morgan fingerprint density at radius 1 is 1.07 bits per heavy atom. The van der Waals surface area contributed by atoms with Gasteiger partial charge in [-0.25, -0.2) is 8.42 Å². The second-order valence-electron chi connectivity index (χ2n) is 5.38. The summed E-state index contributed by atoms with van der Waals surface area (Å²) < 4.78 is 34.0. The van der Waals surface area contributed by atoms with Crippen molar-refractivity contribution >= 4 is 48.8 Å². The zero-order valence-electron chi connectivity index (χ0n) is 14.4. The maximum absolute atomic E-state index is 12.2. The van der Waals surface area contributed by atoms with Gasteiger partial charge in [0.1, 0.15) is 0 Å². The topological polar surface area (TPSA) is 81.7 Å². The summed E-state index contributed by atoms with van der Waals surface area (Å²) in [5, 5.41) is 3.31. The molecule has 2 aromatic rings. The largest absolute Gasteiger partial charge is 0.493 e. The number of hydrogen-bond acceptors (Lipinski definition) is 5. The van der Waals surface area contributed by atoms with Crippen LogP contribution in [0.1, 0.15) is 15.9 Å². The number of nitrogens with one attached hydrogen (secondary N) is 1. The lowest BCUT2D eigenvalue weighted by molar-refractivity contribution is 0.0954. The molecule has 6 nitrogen and oxygen atoms in total. The molecule has 1 amide bonds. The van der Waals surface area contributed by atoms with Crippen molar-refractivity contribution in [3.63, 3.8) is 0 Å². The average Bonchev–Trinajstić information content (AvgIpc) is 2.60. The van der Waals surface area contributed by atoms with E-state index in [0.717, 1.165) is 0 Å². The molecule has 0 spiro atoms. The first-order valence-corrected chi connectivity index (χ1v) is 10.7. The van der Waals surface area contributed by atoms with Crippen molar-refractivity contribution in [2.75, 3.05) is 20.8 Å². The maximum atomic E-state index is 12.2. The van der Waals surface area contributed by atoms with Gasteiger partial charge in [-0.3, -0.25) is 4.79 Å². The van der Waals surface area contributed by atoms with Gasteiger partial charge in [-0.2, -0.15) is 0 Å². The van der Waals surface area contributed by atoms with Crippen molar-refractivity contribution in [3.05, 3.63) is 51.5 Å². The van der Waals surface area contributed by atoms with Gasteiger partial charge < -0.3 is 14.8 Å². The monoisotopic (exact) mass is 451 g/mol. The van der Waals surface area contributed by atoms with Crippen LogP contribution < -0.4 is 14.8 Å². The molecule has 0 aromatic heterocycles. The Balaban J connectivity index is 2.20. The van der Waals surface area contributed by atoms with Crippen LogP contribution in [-0.4, -0.2) is 35.1 Å². The van der Waals surface area contributed by atoms with Gasteiger partial charge in [0.2, 0.25) is 0 Å². The number of benzene rings is 2. The van der Waals surface area contributed by atoms with Gasteiger partial charge in [-0.15, -0.1) is 0 Å². The molecule has 2 aromatic carbocycles. The van der Waals surface area contributed by atoms with E-state index in [0.29, 0.717) is 16.3 Å². The number of amides is 1. The van der Waals surface area contributed by atoms with Crippen LogP contribution in [0.4, 0.5) is 0 Å². The number of rotatable bonds is 7. The lowest BCUT2D eigenvalue weighted by Crippen LogP contribution is -2.26. The van der Waals surface area contributed by atoms with Crippen LogP contribution in [0.2, 0.25) is 10.0 Å². The Bertz CT molecular complexity index is 963. The second-order valence-corrected chi connectivity index (χ2v) is 8.76. The number of carbonyl (C=O) groups is 1. The second kappa shape index (κ2) is 9.01. The summed E-state index contributed by atoms with van der Waals surface area (Å²) >= 11 is 11.8. The van der Waals surface area contributed by atoms with Crippen molar-refractivity contribution in [1.29, 1.82) is 0 Å². The van der Waals surface area contributed by atoms with Crippen molar-refractivity contribution in [2.24, 2.45) is 0 Å². The van der Waals surface area contributed by atoms with E-state index >= 15 is 0 Å². The third kappa shape index (κ3) is 5.42. The summed E-state index contributed by atoms with van der Waals surface area (Å²) in [5.41, 5.74) is 0.642. The molecule has 0 heterocycles. The number of carbonyl (C=O) groups excluding carboxylic acids is 1. The van der Waals surface area contributed by atoms with Gasteiger partial charge in [0.15, 0.2) is 11.5 Å². The van der Waals surface area contributed by atoms with Crippen LogP contribution >= 0.6 is 33.9 Å². The van der Waals surface area contributed by atoms with Crippen molar-refractivity contribution in [3.8, 4) is 11.5 Å². The van der Waals surface area contributed by atoms with E-state index in [2.05, 4.69) is 5.32 Å². The first kappa shape index (κ1) is 21.6. The molecule has 0 aliphatic carbocycles. The van der Waals surface area contributed by atoms with E-state index in [1.54, 1.807) is 6.07 Å². The van der Waals surface area contributed by atoms with Crippen LogP contribution in [0.15, 0.2) is 35.2 Å². The van der Waals surface area contributed by atoms with E-state index < -0.39 is 15.0 Å². The molecule has 27 heavy (non-hydrogen) atoms. The van der Waals surface area contributed by atoms with Gasteiger partial charge >= 0.3 is 0 Å². The highest BCUT2D eigenvalue weighted by Gasteiger charge is 2.20. The van der Waals surface area contributed by atoms with Gasteiger partial charge in [0.05, 0.1) is 29.7 Å². The molecule has 0 saturated carbocycles. The highest BCUT2D eigenvalue weighted by Crippen LogP contribution is 2.34. The fourth-order valence-electron chi connectivity index (χ4n) is 2.40. The molecule has 0 unspecified atom stereocenters. The lowest BCUT2D eigenvalue weighted by atomic mass is 10.1. The Labute approximate surface area is 171 Å². The van der Waals surface area contributed by atoms with E-state index in [1.807, 2.05) is 0 Å². The Morgan fingerprint density at radius 3 is 2.26 bits per heavy atom. The van der Waals surface area contributed by atoms with E-state index in [1.165, 1.54) is 38.5 Å². The van der Waals surface area contributed by atoms with Gasteiger partial charge in [-0.1, -0.05) is 23.2 Å². The van der Waals surface area contributed by atoms with Gasteiger partial charge in [0, 0.05) is 28.3 Å². The minimum atomic E-state index is -4.02. The average molecular weight is 453 g/mol. The van der Waals surface area contributed by atoms with Crippen LogP contribution in [0, 0.1) is 0 Å². The first-order chi connectivity index (χ1) is 12.7. The molecular weight excluding hydrogens is 437 g/mol. The molecule has 0 aliphatic rings. The van der Waals surface area contributed by atoms with Crippen LogP contribution in [-0.2, 0) is 15.5 Å². The Morgan fingerprint density at radius 2 is 1.70 bits per heavy atom. The number of methoxy groups -OCH3 is 2. The Kier molecular flexibility index (Phi) is 7.22. The fraction of sp³-hybridized carbons (Fsp3) is 0.235. The summed E-state index contributed by atoms with van der Waals surface area (Å²) in [6.45, 7) is 0.146. The molecule has 10 heteroatoms. The smallest absolute Gasteiger partial charge is 0.261 e. The highest BCUT2D eigenvalue weighted by molar-refractivity contribution is 8.13. The molecule has 146 valence electrons. The van der Waals surface area contributed by atoms with Crippen LogP contribution in [0.25, 0.3) is 0 Å². The molecule has 2 rings (SSSR count). The lowest BCUT2D eigenvalue weighted by Gasteiger charge is -2.14. The van der Waals surface area contributed by atoms with Crippen molar-refractivity contribution in [2.45, 2.75) is 11.3 Å². The highest BCUT2D eigenvalue weighted by atomic mass is 35.7. The number of ether oxygens (including phenoxy) is 2. The molecule has 0 bridgehead atoms. The zero-order chi connectivity index (χ0) is 20.2. The standard InChI is InChI=1S/C17H16Cl3NO5S/c1-25-14-7-10(16(27(20,23)24)9-15(14)26-2)5-6-21-17(22)12-4-3-11(18)8-13(12)19/h3-4,7-9H,5-6H2,1-2H3,(H,21,22). The predicted octanol–water partition coefficient (Wildman–Crippen LogP) is 3.91. The Hall–Kier alpha value is -1.67. The van der Waals surface area contributed by atoms with Crippen molar-refractivity contribution < 1.29 is 22.7 Å². The summed E-state index contributed by atoms with van der Waals surface area (Å²) in [5.74, 6) is 0.175. The predicted molar refractivity (Wildman–Crippen MR) is 105 cm³/mol. The minimum absolute atomic E-state index is 0.111.